The molecule has 5 heteroatoms. The van der Waals surface area contributed by atoms with E-state index in [4.69, 9.17) is 4.74 Å². The van der Waals surface area contributed by atoms with Crippen LogP contribution in [0.4, 0.5) is 4.39 Å². The summed E-state index contributed by atoms with van der Waals surface area (Å²) in [4.78, 5) is 8.17. The molecule has 4 rings (SSSR count). The number of ether oxygens (including phenoxy) is 1. The molecule has 1 fully saturated rings. The molecule has 2 aromatic carbocycles. The number of aryl methyl sites for hydroxylation is 1. The lowest BCUT2D eigenvalue weighted by Crippen LogP contribution is -2.35. The first-order valence-corrected chi connectivity index (χ1v) is 12.2. The van der Waals surface area contributed by atoms with Crippen LogP contribution < -0.4 is 4.74 Å². The zero-order valence-corrected chi connectivity index (χ0v) is 19.0. The Morgan fingerprint density at radius 1 is 1.13 bits per heavy atom. The second-order valence-corrected chi connectivity index (χ2v) is 9.47. The molecule has 1 aromatic heterocycles. The Hall–Kier alpha value is -2.11. The van der Waals surface area contributed by atoms with Gasteiger partial charge in [-0.05, 0) is 80.6 Å². The molecule has 0 radical (unpaired) electrons. The van der Waals surface area contributed by atoms with Crippen LogP contribution in [0.1, 0.15) is 31.2 Å². The molecule has 0 atom stereocenters. The molecule has 1 aliphatic rings. The summed E-state index contributed by atoms with van der Waals surface area (Å²) in [6.45, 7) is 3.52. The van der Waals surface area contributed by atoms with Gasteiger partial charge in [0.25, 0.3) is 0 Å². The molecule has 0 bridgehead atoms. The monoisotopic (exact) mass is 438 g/mol. The highest BCUT2D eigenvalue weighted by molar-refractivity contribution is 7.99. The Balaban J connectivity index is 1.22. The highest BCUT2D eigenvalue weighted by Crippen LogP contribution is 2.28. The predicted octanol–water partition coefficient (Wildman–Crippen LogP) is 6.21. The maximum atomic E-state index is 14.5. The van der Waals surface area contributed by atoms with E-state index in [2.05, 4.69) is 40.2 Å². The van der Waals surface area contributed by atoms with Crippen molar-refractivity contribution in [2.24, 2.45) is 5.92 Å². The number of hydrogen-bond acceptors (Lipinski definition) is 4. The first-order valence-electron chi connectivity index (χ1n) is 11.2. The van der Waals surface area contributed by atoms with Crippen LogP contribution in [0, 0.1) is 11.7 Å². The van der Waals surface area contributed by atoms with Crippen LogP contribution in [0.3, 0.4) is 0 Å². The van der Waals surface area contributed by atoms with E-state index in [0.29, 0.717) is 0 Å². The molecule has 1 aliphatic heterocycles. The minimum absolute atomic E-state index is 0.202. The van der Waals surface area contributed by atoms with E-state index < -0.39 is 0 Å². The molecule has 0 N–H and O–H groups in total. The van der Waals surface area contributed by atoms with Crippen LogP contribution in [-0.4, -0.2) is 42.4 Å². The van der Waals surface area contributed by atoms with Crippen molar-refractivity contribution in [3.8, 4) is 5.75 Å². The Morgan fingerprint density at radius 3 is 2.71 bits per heavy atom. The smallest absolute Gasteiger partial charge is 0.145 e. The summed E-state index contributed by atoms with van der Waals surface area (Å²) >= 11 is 1.94. The first kappa shape index (κ1) is 22.1. The van der Waals surface area contributed by atoms with E-state index >= 15 is 0 Å². The van der Waals surface area contributed by atoms with E-state index in [1.165, 1.54) is 43.4 Å². The van der Waals surface area contributed by atoms with E-state index in [9.17, 15) is 4.39 Å². The molecule has 0 aliphatic carbocycles. The lowest BCUT2D eigenvalue weighted by atomic mass is 9.90. The number of methoxy groups -OCH3 is 1. The third-order valence-corrected chi connectivity index (χ3v) is 7.29. The summed E-state index contributed by atoms with van der Waals surface area (Å²) < 4.78 is 19.8. The maximum Gasteiger partial charge on any atom is 0.145 e. The number of fused-ring (bicyclic) bond motifs is 1. The number of nitrogens with zero attached hydrogens (tertiary/aromatic N) is 2. The van der Waals surface area contributed by atoms with Crippen molar-refractivity contribution in [3.05, 3.63) is 66.1 Å². The first-order chi connectivity index (χ1) is 15.2. The number of aromatic nitrogens is 1. The number of halogens is 1. The minimum atomic E-state index is -0.202. The molecule has 3 aromatic rings. The number of likely N-dealkylation sites (tertiary alicyclic amines) is 1. The summed E-state index contributed by atoms with van der Waals surface area (Å²) in [6, 6.07) is 16.3. The fourth-order valence-corrected chi connectivity index (χ4v) is 5.39. The van der Waals surface area contributed by atoms with Crippen LogP contribution in [0.15, 0.2) is 59.6 Å². The van der Waals surface area contributed by atoms with E-state index in [-0.39, 0.29) is 5.82 Å². The van der Waals surface area contributed by atoms with Crippen molar-refractivity contribution in [1.82, 2.24) is 9.88 Å². The van der Waals surface area contributed by atoms with Gasteiger partial charge in [0.15, 0.2) is 0 Å². The second-order valence-electron chi connectivity index (χ2n) is 8.31. The lowest BCUT2D eigenvalue weighted by Gasteiger charge is -2.32. The van der Waals surface area contributed by atoms with Gasteiger partial charge < -0.3 is 9.64 Å². The average molecular weight is 439 g/mol. The Bertz CT molecular complexity index is 974. The van der Waals surface area contributed by atoms with Crippen molar-refractivity contribution >= 4 is 22.7 Å². The van der Waals surface area contributed by atoms with Crippen molar-refractivity contribution in [2.75, 3.05) is 32.5 Å². The second kappa shape index (κ2) is 11.0. The van der Waals surface area contributed by atoms with Crippen molar-refractivity contribution in [3.63, 3.8) is 0 Å². The predicted molar refractivity (Wildman–Crippen MR) is 128 cm³/mol. The molecule has 2 heterocycles. The number of piperidine rings is 1. The number of rotatable bonds is 9. The summed E-state index contributed by atoms with van der Waals surface area (Å²) in [5, 5.41) is 0.880. The molecule has 0 saturated carbocycles. The fraction of sp³-hybridized carbons (Fsp3) is 0.423. The van der Waals surface area contributed by atoms with Gasteiger partial charge in [0, 0.05) is 22.6 Å². The topological polar surface area (TPSA) is 25.4 Å². The standard InChI is InChI=1S/C26H31FN2OS/c1-30-21-10-11-26-24(18-21)23(25(27)19-28-26)9-5-6-20-12-14-29(15-13-20)16-17-31-22-7-3-2-4-8-22/h2-4,7-8,10-11,18-20H,5-6,9,12-17H2,1H3. The van der Waals surface area contributed by atoms with Crippen LogP contribution in [0.5, 0.6) is 5.75 Å². The summed E-state index contributed by atoms with van der Waals surface area (Å²) in [6.07, 6.45) is 6.80. The van der Waals surface area contributed by atoms with Gasteiger partial charge in [-0.1, -0.05) is 24.6 Å². The zero-order chi connectivity index (χ0) is 21.5. The number of thioether (sulfide) groups is 1. The molecular formula is C26H31FN2OS. The van der Waals surface area contributed by atoms with E-state index in [1.807, 2.05) is 30.0 Å². The van der Waals surface area contributed by atoms with Gasteiger partial charge in [0.1, 0.15) is 11.6 Å². The fourth-order valence-electron chi connectivity index (χ4n) is 4.46. The van der Waals surface area contributed by atoms with Crippen molar-refractivity contribution < 1.29 is 9.13 Å². The average Bonchev–Trinajstić information content (AvgIpc) is 2.82. The highest BCUT2D eigenvalue weighted by Gasteiger charge is 2.19. The van der Waals surface area contributed by atoms with Crippen LogP contribution in [-0.2, 0) is 6.42 Å². The summed E-state index contributed by atoms with van der Waals surface area (Å²) in [5.74, 6) is 2.45. The Labute approximate surface area is 189 Å². The SMILES string of the molecule is COc1ccc2ncc(F)c(CCCC3CCN(CCSc4ccccc4)CC3)c2c1. The van der Waals surface area contributed by atoms with E-state index in [0.717, 1.165) is 53.3 Å². The lowest BCUT2D eigenvalue weighted by molar-refractivity contribution is 0.186. The number of benzene rings is 2. The highest BCUT2D eigenvalue weighted by atomic mass is 32.2. The van der Waals surface area contributed by atoms with Gasteiger partial charge >= 0.3 is 0 Å². The van der Waals surface area contributed by atoms with Crippen molar-refractivity contribution in [1.29, 1.82) is 0 Å². The summed E-state index contributed by atoms with van der Waals surface area (Å²) in [5.41, 5.74) is 1.61. The van der Waals surface area contributed by atoms with Crippen LogP contribution in [0.25, 0.3) is 10.9 Å². The molecule has 164 valence electrons. The van der Waals surface area contributed by atoms with Gasteiger partial charge in [-0.25, -0.2) is 4.39 Å². The third-order valence-electron chi connectivity index (χ3n) is 6.30. The minimum Gasteiger partial charge on any atom is -0.497 e. The van der Waals surface area contributed by atoms with Crippen LogP contribution >= 0.6 is 11.8 Å². The Morgan fingerprint density at radius 2 is 1.94 bits per heavy atom. The number of hydrogen-bond donors (Lipinski definition) is 0. The normalized spacial score (nSPS) is 15.4. The molecule has 31 heavy (non-hydrogen) atoms. The molecule has 3 nitrogen and oxygen atoms in total. The molecule has 0 unspecified atom stereocenters. The van der Waals surface area contributed by atoms with Crippen LogP contribution in [0.2, 0.25) is 0 Å². The van der Waals surface area contributed by atoms with Gasteiger partial charge in [-0.2, -0.15) is 0 Å². The largest absolute Gasteiger partial charge is 0.497 e. The number of pyridine rings is 1. The van der Waals surface area contributed by atoms with Gasteiger partial charge in [-0.15, -0.1) is 11.8 Å². The quantitative estimate of drug-likeness (QED) is 0.371. The molecular weight excluding hydrogens is 407 g/mol. The van der Waals surface area contributed by atoms with Gasteiger partial charge in [-0.3, -0.25) is 4.98 Å². The zero-order valence-electron chi connectivity index (χ0n) is 18.2. The molecule has 0 spiro atoms. The maximum absolute atomic E-state index is 14.5. The van der Waals surface area contributed by atoms with Gasteiger partial charge in [0.2, 0.25) is 0 Å². The third kappa shape index (κ3) is 5.98. The van der Waals surface area contributed by atoms with Gasteiger partial charge in [0.05, 0.1) is 18.8 Å². The molecule has 1 saturated heterocycles. The van der Waals surface area contributed by atoms with Crippen molar-refractivity contribution in [2.45, 2.75) is 37.0 Å². The Kier molecular flexibility index (Phi) is 7.81. The molecule has 0 amide bonds. The van der Waals surface area contributed by atoms with E-state index in [1.54, 1.807) is 7.11 Å². The summed E-state index contributed by atoms with van der Waals surface area (Å²) in [7, 11) is 1.64.